The summed E-state index contributed by atoms with van der Waals surface area (Å²) in [7, 11) is 1.68. The molecule has 2 atom stereocenters. The Morgan fingerprint density at radius 2 is 1.76 bits per heavy atom. The molecule has 0 saturated carbocycles. The normalized spacial score (nSPS) is 13.3. The highest BCUT2D eigenvalue weighted by Crippen LogP contribution is 2.31. The predicted molar refractivity (Wildman–Crippen MR) is 147 cm³/mol. The van der Waals surface area contributed by atoms with Gasteiger partial charge >= 0.3 is 5.97 Å². The molecule has 0 aromatic heterocycles. The monoisotopic (exact) mass is 505 g/mol. The van der Waals surface area contributed by atoms with Gasteiger partial charge in [0.2, 0.25) is 0 Å². The van der Waals surface area contributed by atoms with Crippen molar-refractivity contribution in [1.82, 2.24) is 5.32 Å². The Bertz CT molecular complexity index is 1220. The lowest BCUT2D eigenvalue weighted by Crippen LogP contribution is -2.46. The summed E-state index contributed by atoms with van der Waals surface area (Å²) in [6.45, 7) is 10.6. The molecule has 1 unspecified atom stereocenters. The first-order chi connectivity index (χ1) is 17.5. The van der Waals surface area contributed by atoms with Gasteiger partial charge < -0.3 is 25.0 Å². The number of hydrogen-bond acceptors (Lipinski definition) is 5. The topological polar surface area (TPSA) is 88.0 Å². The Morgan fingerprint density at radius 1 is 1.03 bits per heavy atom. The summed E-state index contributed by atoms with van der Waals surface area (Å²) in [5.74, 6) is -0.0533. The van der Waals surface area contributed by atoms with Crippen LogP contribution in [-0.2, 0) is 11.2 Å². The number of carbonyl (C=O) groups is 1. The number of nitrogens with one attached hydrogen (secondary N) is 1. The molecule has 0 radical (unpaired) electrons. The van der Waals surface area contributed by atoms with E-state index >= 15 is 0 Å². The molecule has 6 heteroatoms. The van der Waals surface area contributed by atoms with Gasteiger partial charge in [-0.25, -0.2) is 4.79 Å². The molecule has 0 bridgehead atoms. The van der Waals surface area contributed by atoms with E-state index in [1.54, 1.807) is 20.1 Å². The van der Waals surface area contributed by atoms with Gasteiger partial charge in [-0.2, -0.15) is 0 Å². The number of hydrogen-bond donors (Lipinski definition) is 3. The Morgan fingerprint density at radius 3 is 2.43 bits per heavy atom. The molecule has 37 heavy (non-hydrogen) atoms. The lowest BCUT2D eigenvalue weighted by Gasteiger charge is -2.28. The second kappa shape index (κ2) is 12.4. The minimum atomic E-state index is -0.932. The molecule has 0 saturated heterocycles. The van der Waals surface area contributed by atoms with Crippen LogP contribution in [0.4, 0.5) is 0 Å². The van der Waals surface area contributed by atoms with Crippen molar-refractivity contribution in [2.45, 2.75) is 58.8 Å². The van der Waals surface area contributed by atoms with Crippen molar-refractivity contribution >= 4 is 5.97 Å². The maximum absolute atomic E-state index is 11.4. The van der Waals surface area contributed by atoms with Crippen molar-refractivity contribution in [1.29, 1.82) is 0 Å². The molecule has 0 aliphatic heterocycles. The number of rotatable bonds is 12. The number of aryl methyl sites for hydroxylation is 2. The molecule has 3 N–H and O–H groups in total. The van der Waals surface area contributed by atoms with Crippen LogP contribution in [0.2, 0.25) is 0 Å². The first-order valence-electron chi connectivity index (χ1n) is 12.6. The average molecular weight is 506 g/mol. The fourth-order valence-corrected chi connectivity index (χ4v) is 4.53. The molecule has 0 aliphatic rings. The van der Waals surface area contributed by atoms with E-state index in [1.807, 2.05) is 50.2 Å². The van der Waals surface area contributed by atoms with Crippen LogP contribution >= 0.6 is 0 Å². The molecule has 0 fully saturated rings. The lowest BCUT2D eigenvalue weighted by atomic mass is 9.94. The van der Waals surface area contributed by atoms with Crippen molar-refractivity contribution in [2.75, 3.05) is 20.3 Å². The molecule has 198 valence electrons. The summed E-state index contributed by atoms with van der Waals surface area (Å²) in [6.07, 6.45) is -0.127. The summed E-state index contributed by atoms with van der Waals surface area (Å²) in [5, 5.41) is 23.4. The molecule has 3 aromatic carbocycles. The first-order valence-corrected chi connectivity index (χ1v) is 12.6. The number of aromatic carboxylic acids is 1. The molecule has 3 rings (SSSR count). The quantitative estimate of drug-likeness (QED) is 0.292. The third kappa shape index (κ3) is 7.65. The van der Waals surface area contributed by atoms with Crippen LogP contribution in [0.3, 0.4) is 0 Å². The maximum atomic E-state index is 11.4. The largest absolute Gasteiger partial charge is 0.496 e. The summed E-state index contributed by atoms with van der Waals surface area (Å²) in [5.41, 5.74) is 5.96. The Labute approximate surface area is 220 Å². The van der Waals surface area contributed by atoms with Gasteiger partial charge in [0, 0.05) is 12.1 Å². The van der Waals surface area contributed by atoms with E-state index in [2.05, 4.69) is 37.4 Å². The van der Waals surface area contributed by atoms with Crippen LogP contribution < -0.4 is 10.1 Å². The highest BCUT2D eigenvalue weighted by Gasteiger charge is 2.21. The zero-order valence-corrected chi connectivity index (χ0v) is 22.7. The number of carboxylic acids is 1. The summed E-state index contributed by atoms with van der Waals surface area (Å²) in [4.78, 5) is 11.4. The van der Waals surface area contributed by atoms with E-state index in [9.17, 15) is 15.0 Å². The second-order valence-electron chi connectivity index (χ2n) is 10.3. The van der Waals surface area contributed by atoms with Crippen molar-refractivity contribution in [3.8, 4) is 16.9 Å². The van der Waals surface area contributed by atoms with Gasteiger partial charge in [-0.05, 0) is 86.6 Å². The number of benzene rings is 3. The number of β-amino-alcohol motifs (C(OH)–C–C–N with tert-alkyl or cyclic N) is 1. The number of aliphatic hydroxyl groups excluding tert-OH is 1. The minimum Gasteiger partial charge on any atom is -0.496 e. The van der Waals surface area contributed by atoms with Gasteiger partial charge in [0.15, 0.2) is 0 Å². The standard InChI is InChI=1S/C31H39NO5/c1-20-11-12-23(16-29(20)36-6)17-31(4,5)32-18-25(33)19-37-22(3)27-9-7-8-10-28(27)24-13-14-26(30(34)35)21(2)15-24/h7-16,22,25,32-33H,17-19H2,1-6H3,(H,34,35)/t22?,25-/m0/s1. The molecule has 0 aliphatic carbocycles. The number of aliphatic hydroxyl groups is 1. The van der Waals surface area contributed by atoms with Crippen LogP contribution in [0.1, 0.15) is 59.5 Å². The summed E-state index contributed by atoms with van der Waals surface area (Å²) in [6, 6.07) is 19.5. The zero-order chi connectivity index (χ0) is 27.2. The van der Waals surface area contributed by atoms with E-state index in [4.69, 9.17) is 9.47 Å². The molecule has 0 spiro atoms. The van der Waals surface area contributed by atoms with Crippen LogP contribution in [-0.4, -0.2) is 48.1 Å². The van der Waals surface area contributed by atoms with Crippen LogP contribution in [0.5, 0.6) is 5.75 Å². The first kappa shape index (κ1) is 28.4. The molecule has 0 heterocycles. The Balaban J connectivity index is 1.59. The van der Waals surface area contributed by atoms with Gasteiger partial charge in [0.05, 0.1) is 31.5 Å². The van der Waals surface area contributed by atoms with E-state index in [0.29, 0.717) is 17.7 Å². The van der Waals surface area contributed by atoms with Gasteiger partial charge in [0.25, 0.3) is 0 Å². The summed E-state index contributed by atoms with van der Waals surface area (Å²) >= 11 is 0. The van der Waals surface area contributed by atoms with Gasteiger partial charge in [-0.3, -0.25) is 0 Å². The smallest absolute Gasteiger partial charge is 0.335 e. The van der Waals surface area contributed by atoms with Crippen molar-refractivity contribution < 1.29 is 24.5 Å². The van der Waals surface area contributed by atoms with Crippen molar-refractivity contribution in [3.63, 3.8) is 0 Å². The predicted octanol–water partition coefficient (Wildman–Crippen LogP) is 5.73. The molecule has 0 amide bonds. The number of ether oxygens (including phenoxy) is 2. The van der Waals surface area contributed by atoms with Gasteiger partial charge in [-0.1, -0.05) is 48.5 Å². The van der Waals surface area contributed by atoms with Crippen LogP contribution in [0.25, 0.3) is 11.1 Å². The van der Waals surface area contributed by atoms with Gasteiger partial charge in [-0.15, -0.1) is 0 Å². The maximum Gasteiger partial charge on any atom is 0.335 e. The van der Waals surface area contributed by atoms with Gasteiger partial charge in [0.1, 0.15) is 5.75 Å². The third-order valence-electron chi connectivity index (χ3n) is 6.64. The third-order valence-corrected chi connectivity index (χ3v) is 6.64. The lowest BCUT2D eigenvalue weighted by molar-refractivity contribution is -0.00397. The SMILES string of the molecule is COc1cc(CC(C)(C)NC[C@H](O)COC(C)c2ccccc2-c2ccc(C(=O)O)c(C)c2)ccc1C. The average Bonchev–Trinajstić information content (AvgIpc) is 2.86. The van der Waals surface area contributed by atoms with E-state index in [0.717, 1.165) is 34.4 Å². The Kier molecular flexibility index (Phi) is 9.49. The van der Waals surface area contributed by atoms with E-state index < -0.39 is 12.1 Å². The second-order valence-corrected chi connectivity index (χ2v) is 10.3. The number of carboxylic acid groups (broad SMARTS) is 1. The van der Waals surface area contributed by atoms with Crippen LogP contribution in [0.15, 0.2) is 60.7 Å². The van der Waals surface area contributed by atoms with Crippen molar-refractivity contribution in [2.24, 2.45) is 0 Å². The molecular formula is C31H39NO5. The van der Waals surface area contributed by atoms with E-state index in [1.165, 1.54) is 5.56 Å². The fraction of sp³-hybridized carbons (Fsp3) is 0.387. The van der Waals surface area contributed by atoms with Crippen molar-refractivity contribution in [3.05, 3.63) is 88.5 Å². The molecular weight excluding hydrogens is 466 g/mol. The molecule has 6 nitrogen and oxygen atoms in total. The zero-order valence-electron chi connectivity index (χ0n) is 22.7. The molecule has 3 aromatic rings. The van der Waals surface area contributed by atoms with E-state index in [-0.39, 0.29) is 18.2 Å². The highest BCUT2D eigenvalue weighted by atomic mass is 16.5. The Hall–Kier alpha value is -3.19. The minimum absolute atomic E-state index is 0.188. The fourth-order valence-electron chi connectivity index (χ4n) is 4.53. The highest BCUT2D eigenvalue weighted by molar-refractivity contribution is 5.90. The van der Waals surface area contributed by atoms with Crippen LogP contribution in [0, 0.1) is 13.8 Å². The summed E-state index contributed by atoms with van der Waals surface area (Å²) < 4.78 is 11.5. The number of methoxy groups -OCH3 is 1.